The summed E-state index contributed by atoms with van der Waals surface area (Å²) in [6.45, 7) is -0.306. The number of hydrogen-bond donors (Lipinski definition) is 3. The molecule has 2 atom stereocenters. The summed E-state index contributed by atoms with van der Waals surface area (Å²) < 4.78 is 0. The van der Waals surface area contributed by atoms with Crippen molar-refractivity contribution in [2.45, 2.75) is 68.2 Å². The zero-order valence-electron chi connectivity index (χ0n) is 16.0. The predicted molar refractivity (Wildman–Crippen MR) is 109 cm³/mol. The van der Waals surface area contributed by atoms with Gasteiger partial charge in [0.25, 0.3) is 0 Å². The van der Waals surface area contributed by atoms with Gasteiger partial charge < -0.3 is 15.3 Å². The number of likely N-dealkylation sites (tertiary alicyclic amines) is 1. The van der Waals surface area contributed by atoms with Crippen LogP contribution in [0.3, 0.4) is 0 Å². The smallest absolute Gasteiger partial charge is 0.323 e. The summed E-state index contributed by atoms with van der Waals surface area (Å²) in [5, 5.41) is 11.6. The third-order valence-corrected chi connectivity index (χ3v) is 6.41. The van der Waals surface area contributed by atoms with E-state index in [-0.39, 0.29) is 23.9 Å². The molecular formula is C21H28N2O4S. The molecule has 0 unspecified atom stereocenters. The molecule has 0 bridgehead atoms. The normalized spacial score (nSPS) is 22.7. The van der Waals surface area contributed by atoms with Crippen LogP contribution in [-0.4, -0.2) is 51.2 Å². The Balaban J connectivity index is 1.69. The Kier molecular flexibility index (Phi) is 6.65. The SMILES string of the molecule is O=C(O)CN1C(=O)[C@@H](NC(=O)[C@@H](S)Cc2ccccc2)CCCC12CCCC2. The highest BCUT2D eigenvalue weighted by Gasteiger charge is 2.46. The highest BCUT2D eigenvalue weighted by atomic mass is 32.1. The van der Waals surface area contributed by atoms with Crippen molar-refractivity contribution in [3.8, 4) is 0 Å². The number of carboxylic acid groups (broad SMARTS) is 1. The van der Waals surface area contributed by atoms with E-state index in [0.29, 0.717) is 12.8 Å². The molecule has 2 fully saturated rings. The van der Waals surface area contributed by atoms with Crippen LogP contribution in [0.1, 0.15) is 50.5 Å². The van der Waals surface area contributed by atoms with Gasteiger partial charge in [-0.3, -0.25) is 14.4 Å². The molecule has 1 aromatic rings. The van der Waals surface area contributed by atoms with Crippen molar-refractivity contribution in [2.75, 3.05) is 6.54 Å². The van der Waals surface area contributed by atoms with Crippen molar-refractivity contribution in [2.24, 2.45) is 0 Å². The molecule has 28 heavy (non-hydrogen) atoms. The maximum Gasteiger partial charge on any atom is 0.323 e. The molecule has 0 radical (unpaired) electrons. The van der Waals surface area contributed by atoms with E-state index >= 15 is 0 Å². The minimum absolute atomic E-state index is 0.268. The van der Waals surface area contributed by atoms with Crippen LogP contribution >= 0.6 is 12.6 Å². The van der Waals surface area contributed by atoms with Crippen LogP contribution in [0.5, 0.6) is 0 Å². The van der Waals surface area contributed by atoms with E-state index in [0.717, 1.165) is 44.1 Å². The summed E-state index contributed by atoms with van der Waals surface area (Å²) in [6, 6.07) is 8.92. The first-order valence-corrected chi connectivity index (χ1v) is 10.5. The number of hydrogen-bond acceptors (Lipinski definition) is 4. The van der Waals surface area contributed by atoms with E-state index in [1.807, 2.05) is 30.3 Å². The van der Waals surface area contributed by atoms with Crippen molar-refractivity contribution in [3.63, 3.8) is 0 Å². The van der Waals surface area contributed by atoms with Crippen molar-refractivity contribution in [3.05, 3.63) is 35.9 Å². The van der Waals surface area contributed by atoms with Gasteiger partial charge in [-0.05, 0) is 44.1 Å². The van der Waals surface area contributed by atoms with Gasteiger partial charge in [-0.25, -0.2) is 0 Å². The number of rotatable bonds is 6. The fraction of sp³-hybridized carbons (Fsp3) is 0.571. The highest BCUT2D eigenvalue weighted by Crippen LogP contribution is 2.41. The Morgan fingerprint density at radius 3 is 2.46 bits per heavy atom. The summed E-state index contributed by atoms with van der Waals surface area (Å²) in [6.07, 6.45) is 6.31. The first-order valence-electron chi connectivity index (χ1n) is 9.97. The summed E-state index contributed by atoms with van der Waals surface area (Å²) in [5.41, 5.74) is 0.640. The topological polar surface area (TPSA) is 86.7 Å². The van der Waals surface area contributed by atoms with Gasteiger partial charge in [-0.2, -0.15) is 12.6 Å². The second kappa shape index (κ2) is 8.99. The quantitative estimate of drug-likeness (QED) is 0.636. The number of benzene rings is 1. The average molecular weight is 405 g/mol. The number of amides is 2. The van der Waals surface area contributed by atoms with Gasteiger partial charge in [0, 0.05) is 5.54 Å². The van der Waals surface area contributed by atoms with E-state index in [4.69, 9.17) is 0 Å². The van der Waals surface area contributed by atoms with Crippen LogP contribution in [0.15, 0.2) is 30.3 Å². The maximum absolute atomic E-state index is 13.2. The Bertz CT molecular complexity index is 718. The molecule has 1 heterocycles. The number of carbonyl (C=O) groups is 3. The maximum atomic E-state index is 13.2. The highest BCUT2D eigenvalue weighted by molar-refractivity contribution is 7.81. The lowest BCUT2D eigenvalue weighted by molar-refractivity contribution is -0.150. The fourth-order valence-electron chi connectivity index (χ4n) is 4.58. The zero-order chi connectivity index (χ0) is 20.1. The van der Waals surface area contributed by atoms with E-state index in [9.17, 15) is 19.5 Å². The molecule has 7 heteroatoms. The Morgan fingerprint density at radius 1 is 1.18 bits per heavy atom. The van der Waals surface area contributed by atoms with Crippen molar-refractivity contribution >= 4 is 30.4 Å². The molecule has 2 N–H and O–H groups in total. The van der Waals surface area contributed by atoms with Gasteiger partial charge in [-0.15, -0.1) is 0 Å². The second-order valence-electron chi connectivity index (χ2n) is 7.91. The molecule has 2 amide bonds. The molecule has 1 saturated carbocycles. The number of aliphatic carboxylic acids is 1. The third kappa shape index (κ3) is 4.69. The minimum Gasteiger partial charge on any atom is -0.480 e. The summed E-state index contributed by atoms with van der Waals surface area (Å²) in [5.74, 6) is -1.57. The van der Waals surface area contributed by atoms with E-state index in [2.05, 4.69) is 17.9 Å². The predicted octanol–water partition coefficient (Wildman–Crippen LogP) is 2.42. The molecule has 1 aliphatic heterocycles. The molecule has 1 aromatic carbocycles. The van der Waals surface area contributed by atoms with Crippen LogP contribution in [0, 0.1) is 0 Å². The fourth-order valence-corrected chi connectivity index (χ4v) is 4.87. The first kappa shape index (κ1) is 20.7. The Labute approximate surface area is 171 Å². The van der Waals surface area contributed by atoms with E-state index in [1.165, 1.54) is 4.90 Å². The summed E-state index contributed by atoms with van der Waals surface area (Å²) in [4.78, 5) is 38.8. The van der Waals surface area contributed by atoms with Crippen molar-refractivity contribution in [1.29, 1.82) is 0 Å². The summed E-state index contributed by atoms with van der Waals surface area (Å²) in [7, 11) is 0. The van der Waals surface area contributed by atoms with Crippen LogP contribution in [0.25, 0.3) is 0 Å². The van der Waals surface area contributed by atoms with E-state index < -0.39 is 17.3 Å². The molecule has 1 spiro atoms. The lowest BCUT2D eigenvalue weighted by Crippen LogP contribution is -2.57. The van der Waals surface area contributed by atoms with E-state index in [1.54, 1.807) is 0 Å². The lowest BCUT2D eigenvalue weighted by atomic mass is 9.90. The standard InChI is InChI=1S/C21H28N2O4S/c24-18(25)14-23-20(27)16(9-6-12-21(23)10-4-5-11-21)22-19(26)17(28)13-15-7-2-1-3-8-15/h1-3,7-8,16-17,28H,4-6,9-14H2,(H,22,26)(H,24,25)/t16-,17-/m0/s1. The van der Waals surface area contributed by atoms with Crippen LogP contribution in [0.2, 0.25) is 0 Å². The summed E-state index contributed by atoms with van der Waals surface area (Å²) >= 11 is 4.42. The largest absolute Gasteiger partial charge is 0.480 e. The molecule has 1 saturated heterocycles. The average Bonchev–Trinajstić information content (AvgIpc) is 3.10. The minimum atomic E-state index is -1.01. The molecule has 2 aliphatic rings. The van der Waals surface area contributed by atoms with Crippen molar-refractivity contribution < 1.29 is 19.5 Å². The van der Waals surface area contributed by atoms with Gasteiger partial charge in [0.2, 0.25) is 11.8 Å². The zero-order valence-corrected chi connectivity index (χ0v) is 16.9. The Hall–Kier alpha value is -2.02. The number of nitrogens with zero attached hydrogens (tertiary/aromatic N) is 1. The van der Waals surface area contributed by atoms with Crippen LogP contribution in [-0.2, 0) is 20.8 Å². The number of carboxylic acids is 1. The van der Waals surface area contributed by atoms with Gasteiger partial charge in [0.05, 0.1) is 5.25 Å². The van der Waals surface area contributed by atoms with Crippen molar-refractivity contribution in [1.82, 2.24) is 10.2 Å². The molecule has 152 valence electrons. The molecular weight excluding hydrogens is 376 g/mol. The van der Waals surface area contributed by atoms with Crippen LogP contribution < -0.4 is 5.32 Å². The van der Waals surface area contributed by atoms with Gasteiger partial charge in [0.15, 0.2) is 0 Å². The van der Waals surface area contributed by atoms with Gasteiger partial charge in [-0.1, -0.05) is 43.2 Å². The first-order chi connectivity index (χ1) is 13.4. The van der Waals surface area contributed by atoms with Gasteiger partial charge >= 0.3 is 5.97 Å². The molecule has 1 aliphatic carbocycles. The molecule has 6 nitrogen and oxygen atoms in total. The monoisotopic (exact) mass is 404 g/mol. The number of nitrogens with one attached hydrogen (secondary N) is 1. The Morgan fingerprint density at radius 2 is 1.82 bits per heavy atom. The van der Waals surface area contributed by atoms with Gasteiger partial charge in [0.1, 0.15) is 12.6 Å². The molecule has 0 aromatic heterocycles. The van der Waals surface area contributed by atoms with Crippen LogP contribution in [0.4, 0.5) is 0 Å². The second-order valence-corrected chi connectivity index (χ2v) is 8.53. The lowest BCUT2D eigenvalue weighted by Gasteiger charge is -2.40. The molecule has 3 rings (SSSR count). The number of carbonyl (C=O) groups excluding carboxylic acids is 2. The number of thiol groups is 1. The third-order valence-electron chi connectivity index (χ3n) is 5.99.